The summed E-state index contributed by atoms with van der Waals surface area (Å²) in [6.07, 6.45) is 2.03. The van der Waals surface area contributed by atoms with Gasteiger partial charge in [0.1, 0.15) is 17.2 Å². The Hall–Kier alpha value is -2.78. The van der Waals surface area contributed by atoms with Crippen LogP contribution in [0.15, 0.2) is 79.0 Å². The van der Waals surface area contributed by atoms with Crippen molar-refractivity contribution in [2.45, 2.75) is 6.54 Å². The summed E-state index contributed by atoms with van der Waals surface area (Å²) in [5.74, 6) is 0.992. The molecule has 4 aromatic rings. The SMILES string of the molecule is Clc1ccc(CNc2c(-c3ccccc3)nc3ccccn23)cc1. The van der Waals surface area contributed by atoms with E-state index in [4.69, 9.17) is 16.6 Å². The maximum absolute atomic E-state index is 5.96. The molecular formula is C20H16ClN3. The first-order chi connectivity index (χ1) is 11.8. The van der Waals surface area contributed by atoms with Gasteiger partial charge in [0.15, 0.2) is 0 Å². The highest BCUT2D eigenvalue weighted by Crippen LogP contribution is 2.29. The molecule has 4 heteroatoms. The third-order valence-electron chi connectivity index (χ3n) is 3.95. The van der Waals surface area contributed by atoms with E-state index in [1.54, 1.807) is 0 Å². The lowest BCUT2D eigenvalue weighted by Gasteiger charge is -2.09. The van der Waals surface area contributed by atoms with Gasteiger partial charge in [0, 0.05) is 23.3 Å². The van der Waals surface area contributed by atoms with Crippen molar-refractivity contribution >= 4 is 23.1 Å². The second-order valence-electron chi connectivity index (χ2n) is 5.58. The Morgan fingerprint density at radius 3 is 2.42 bits per heavy atom. The Morgan fingerprint density at radius 2 is 1.62 bits per heavy atom. The number of nitrogens with one attached hydrogen (secondary N) is 1. The van der Waals surface area contributed by atoms with E-state index in [1.807, 2.05) is 66.9 Å². The van der Waals surface area contributed by atoms with Crippen LogP contribution in [0.2, 0.25) is 5.02 Å². The van der Waals surface area contributed by atoms with Gasteiger partial charge in [-0.1, -0.05) is 60.1 Å². The molecule has 0 aliphatic rings. The predicted octanol–water partition coefficient (Wildman–Crippen LogP) is 5.27. The predicted molar refractivity (Wildman–Crippen MR) is 99.4 cm³/mol. The second kappa shape index (κ2) is 6.38. The summed E-state index contributed by atoms with van der Waals surface area (Å²) >= 11 is 5.96. The summed E-state index contributed by atoms with van der Waals surface area (Å²) < 4.78 is 2.08. The number of hydrogen-bond acceptors (Lipinski definition) is 2. The fourth-order valence-electron chi connectivity index (χ4n) is 2.75. The molecule has 1 N–H and O–H groups in total. The second-order valence-corrected chi connectivity index (χ2v) is 6.02. The van der Waals surface area contributed by atoms with Crippen LogP contribution in [0.25, 0.3) is 16.9 Å². The number of aromatic nitrogens is 2. The van der Waals surface area contributed by atoms with Crippen molar-refractivity contribution in [3.8, 4) is 11.3 Å². The maximum atomic E-state index is 5.96. The van der Waals surface area contributed by atoms with Gasteiger partial charge in [0.05, 0.1) is 0 Å². The fraction of sp³-hybridized carbons (Fsp3) is 0.0500. The first-order valence-electron chi connectivity index (χ1n) is 7.82. The number of benzene rings is 2. The van der Waals surface area contributed by atoms with E-state index in [-0.39, 0.29) is 0 Å². The largest absolute Gasteiger partial charge is 0.365 e. The highest BCUT2D eigenvalue weighted by molar-refractivity contribution is 6.30. The van der Waals surface area contributed by atoms with Crippen molar-refractivity contribution in [3.05, 3.63) is 89.6 Å². The van der Waals surface area contributed by atoms with E-state index >= 15 is 0 Å². The Bertz CT molecular complexity index is 959. The van der Waals surface area contributed by atoms with Crippen LogP contribution in [0.1, 0.15) is 5.56 Å². The number of imidazole rings is 1. The molecule has 3 nitrogen and oxygen atoms in total. The molecule has 0 atom stereocenters. The third-order valence-corrected chi connectivity index (χ3v) is 4.20. The van der Waals surface area contributed by atoms with Crippen molar-refractivity contribution in [1.82, 2.24) is 9.38 Å². The van der Waals surface area contributed by atoms with Gasteiger partial charge in [-0.3, -0.25) is 4.40 Å². The lowest BCUT2D eigenvalue weighted by atomic mass is 10.1. The van der Waals surface area contributed by atoms with E-state index in [1.165, 1.54) is 5.56 Å². The zero-order valence-electron chi connectivity index (χ0n) is 13.0. The van der Waals surface area contributed by atoms with Crippen molar-refractivity contribution in [1.29, 1.82) is 0 Å². The molecule has 0 aliphatic heterocycles. The van der Waals surface area contributed by atoms with Gasteiger partial charge in [-0.25, -0.2) is 4.98 Å². The van der Waals surface area contributed by atoms with Crippen molar-refractivity contribution in [2.24, 2.45) is 0 Å². The summed E-state index contributed by atoms with van der Waals surface area (Å²) in [7, 11) is 0. The molecule has 0 unspecified atom stereocenters. The third kappa shape index (κ3) is 2.86. The van der Waals surface area contributed by atoms with Crippen LogP contribution >= 0.6 is 11.6 Å². The molecule has 4 rings (SSSR count). The number of pyridine rings is 1. The normalized spacial score (nSPS) is 10.9. The zero-order chi connectivity index (χ0) is 16.4. The van der Waals surface area contributed by atoms with Gasteiger partial charge in [-0.05, 0) is 29.8 Å². The van der Waals surface area contributed by atoms with Gasteiger partial charge in [0.25, 0.3) is 0 Å². The van der Waals surface area contributed by atoms with Crippen LogP contribution in [0.5, 0.6) is 0 Å². The molecule has 0 amide bonds. The van der Waals surface area contributed by atoms with Gasteiger partial charge < -0.3 is 5.32 Å². The lowest BCUT2D eigenvalue weighted by molar-refractivity contribution is 1.08. The molecule has 0 fully saturated rings. The summed E-state index contributed by atoms with van der Waals surface area (Å²) in [5.41, 5.74) is 4.15. The number of anilines is 1. The Morgan fingerprint density at radius 1 is 0.875 bits per heavy atom. The molecule has 2 aromatic heterocycles. The zero-order valence-corrected chi connectivity index (χ0v) is 13.7. The smallest absolute Gasteiger partial charge is 0.139 e. The topological polar surface area (TPSA) is 29.3 Å². The minimum Gasteiger partial charge on any atom is -0.365 e. The number of halogens is 1. The molecule has 0 aliphatic carbocycles. The van der Waals surface area contributed by atoms with Crippen LogP contribution < -0.4 is 5.32 Å². The summed E-state index contributed by atoms with van der Waals surface area (Å²) in [6, 6.07) is 24.1. The van der Waals surface area contributed by atoms with Crippen molar-refractivity contribution in [2.75, 3.05) is 5.32 Å². The molecule has 0 radical (unpaired) electrons. The van der Waals surface area contributed by atoms with Crippen LogP contribution in [0.4, 0.5) is 5.82 Å². The highest BCUT2D eigenvalue weighted by atomic mass is 35.5. The first kappa shape index (κ1) is 14.8. The number of rotatable bonds is 4. The van der Waals surface area contributed by atoms with Crippen LogP contribution in [-0.2, 0) is 6.54 Å². The van der Waals surface area contributed by atoms with E-state index in [9.17, 15) is 0 Å². The molecule has 0 saturated heterocycles. The van der Waals surface area contributed by atoms with Crippen LogP contribution in [-0.4, -0.2) is 9.38 Å². The Labute approximate surface area is 145 Å². The average molecular weight is 334 g/mol. The molecule has 0 bridgehead atoms. The van der Waals surface area contributed by atoms with Gasteiger partial charge in [0.2, 0.25) is 0 Å². The molecule has 24 heavy (non-hydrogen) atoms. The van der Waals surface area contributed by atoms with Gasteiger partial charge in [-0.2, -0.15) is 0 Å². The minimum atomic E-state index is 0.708. The molecule has 0 spiro atoms. The van der Waals surface area contributed by atoms with E-state index in [0.717, 1.165) is 27.7 Å². The van der Waals surface area contributed by atoms with Crippen molar-refractivity contribution < 1.29 is 0 Å². The first-order valence-corrected chi connectivity index (χ1v) is 8.20. The molecule has 2 aromatic carbocycles. The Kier molecular flexibility index (Phi) is 3.93. The number of fused-ring (bicyclic) bond motifs is 1. The number of nitrogens with zero attached hydrogens (tertiary/aromatic N) is 2. The van der Waals surface area contributed by atoms with E-state index in [2.05, 4.69) is 21.9 Å². The lowest BCUT2D eigenvalue weighted by Crippen LogP contribution is -2.03. The molecular weight excluding hydrogens is 318 g/mol. The van der Waals surface area contributed by atoms with Gasteiger partial charge in [-0.15, -0.1) is 0 Å². The average Bonchev–Trinajstić information content (AvgIpc) is 3.01. The fourth-order valence-corrected chi connectivity index (χ4v) is 2.88. The quantitative estimate of drug-likeness (QED) is 0.551. The highest BCUT2D eigenvalue weighted by Gasteiger charge is 2.13. The summed E-state index contributed by atoms with van der Waals surface area (Å²) in [4.78, 5) is 4.79. The standard InChI is InChI=1S/C20H16ClN3/c21-17-11-9-15(10-12-17)14-22-20-19(16-6-2-1-3-7-16)23-18-8-4-5-13-24(18)20/h1-13,22H,14H2. The van der Waals surface area contributed by atoms with E-state index < -0.39 is 0 Å². The Balaban J connectivity index is 1.74. The summed E-state index contributed by atoms with van der Waals surface area (Å²) in [5, 5.41) is 4.28. The summed E-state index contributed by atoms with van der Waals surface area (Å²) in [6.45, 7) is 0.708. The molecule has 118 valence electrons. The maximum Gasteiger partial charge on any atom is 0.139 e. The number of hydrogen-bond donors (Lipinski definition) is 1. The van der Waals surface area contributed by atoms with E-state index in [0.29, 0.717) is 6.54 Å². The van der Waals surface area contributed by atoms with Gasteiger partial charge >= 0.3 is 0 Å². The molecule has 0 saturated carbocycles. The molecule has 2 heterocycles. The van der Waals surface area contributed by atoms with Crippen LogP contribution in [0.3, 0.4) is 0 Å². The minimum absolute atomic E-state index is 0.708. The van der Waals surface area contributed by atoms with Crippen LogP contribution in [0, 0.1) is 0 Å². The monoisotopic (exact) mass is 333 g/mol. The van der Waals surface area contributed by atoms with Crippen molar-refractivity contribution in [3.63, 3.8) is 0 Å².